The Balaban J connectivity index is 2.97. The normalized spacial score (nSPS) is 29.1. The molecular formula is C5H4Cl2N2O2. The molecule has 1 rings (SSSR count). The molecule has 0 amide bonds. The van der Waals surface area contributed by atoms with E-state index in [-0.39, 0.29) is 5.03 Å². The molecular weight excluding hydrogens is 191 g/mol. The van der Waals surface area contributed by atoms with Gasteiger partial charge in [-0.3, -0.25) is 10.1 Å². The van der Waals surface area contributed by atoms with E-state index in [9.17, 15) is 10.1 Å². The zero-order valence-electron chi connectivity index (χ0n) is 5.25. The summed E-state index contributed by atoms with van der Waals surface area (Å²) in [4.78, 5) is 9.64. The van der Waals surface area contributed by atoms with Crippen molar-refractivity contribution in [1.82, 2.24) is 5.32 Å². The van der Waals surface area contributed by atoms with Crippen LogP contribution < -0.4 is 5.32 Å². The maximum atomic E-state index is 10.3. The molecule has 0 aliphatic carbocycles. The highest BCUT2D eigenvalue weighted by Gasteiger charge is 2.44. The van der Waals surface area contributed by atoms with Gasteiger partial charge in [0.05, 0.1) is 4.92 Å². The lowest BCUT2D eigenvalue weighted by Crippen LogP contribution is -2.45. The van der Waals surface area contributed by atoms with E-state index >= 15 is 0 Å². The smallest absolute Gasteiger partial charge is 0.309 e. The molecule has 0 fully saturated rings. The highest BCUT2D eigenvalue weighted by Crippen LogP contribution is 2.28. The number of allylic oxidation sites excluding steroid dienone is 2. The molecule has 60 valence electrons. The molecule has 0 aromatic rings. The first kappa shape index (κ1) is 8.36. The summed E-state index contributed by atoms with van der Waals surface area (Å²) in [7, 11) is 0. The van der Waals surface area contributed by atoms with Crippen LogP contribution in [0.5, 0.6) is 0 Å². The minimum atomic E-state index is -1.88. The molecule has 0 bridgehead atoms. The van der Waals surface area contributed by atoms with Gasteiger partial charge in [-0.2, -0.15) is 0 Å². The van der Waals surface area contributed by atoms with Gasteiger partial charge in [0.25, 0.3) is 0 Å². The molecule has 1 atom stereocenters. The van der Waals surface area contributed by atoms with Gasteiger partial charge in [0.2, 0.25) is 0 Å². The van der Waals surface area contributed by atoms with Crippen molar-refractivity contribution in [1.29, 1.82) is 0 Å². The van der Waals surface area contributed by atoms with Gasteiger partial charge in [0, 0.05) is 6.20 Å². The second kappa shape index (κ2) is 2.71. The standard InChI is InChI=1S/C5H4Cl2N2O2/c6-4-2-1-3-8-5(4,7)9(10)11/h1-3,8H. The van der Waals surface area contributed by atoms with Gasteiger partial charge in [-0.1, -0.05) is 11.6 Å². The number of alkyl halides is 1. The van der Waals surface area contributed by atoms with E-state index in [0.29, 0.717) is 0 Å². The van der Waals surface area contributed by atoms with Gasteiger partial charge in [0.1, 0.15) is 5.03 Å². The fraction of sp³-hybridized carbons (Fsp3) is 0.200. The monoisotopic (exact) mass is 194 g/mol. The lowest BCUT2D eigenvalue weighted by molar-refractivity contribution is -0.534. The van der Waals surface area contributed by atoms with Gasteiger partial charge in [-0.25, -0.2) is 0 Å². The van der Waals surface area contributed by atoms with E-state index < -0.39 is 10.0 Å². The molecule has 0 saturated carbocycles. The molecule has 0 aromatic carbocycles. The first-order valence-electron chi connectivity index (χ1n) is 2.71. The van der Waals surface area contributed by atoms with Crippen LogP contribution in [0, 0.1) is 10.1 Å². The van der Waals surface area contributed by atoms with Crippen molar-refractivity contribution in [3.05, 3.63) is 33.5 Å². The Hall–Kier alpha value is -0.740. The van der Waals surface area contributed by atoms with Crippen LogP contribution in [0.4, 0.5) is 0 Å². The lowest BCUT2D eigenvalue weighted by atomic mass is 10.3. The third-order valence-electron chi connectivity index (χ3n) is 1.18. The fourth-order valence-corrected chi connectivity index (χ4v) is 0.933. The maximum Gasteiger partial charge on any atom is 0.408 e. The quantitative estimate of drug-likeness (QED) is 0.297. The minimum absolute atomic E-state index is 0.0494. The highest BCUT2D eigenvalue weighted by atomic mass is 35.5. The summed E-state index contributed by atoms with van der Waals surface area (Å²) >= 11 is 11.0. The summed E-state index contributed by atoms with van der Waals surface area (Å²) in [6.45, 7) is 0. The summed E-state index contributed by atoms with van der Waals surface area (Å²) in [6.07, 6.45) is 4.27. The van der Waals surface area contributed by atoms with Crippen LogP contribution in [0.1, 0.15) is 0 Å². The summed E-state index contributed by atoms with van der Waals surface area (Å²) in [5.41, 5.74) is 0. The van der Waals surface area contributed by atoms with Crippen LogP contribution in [0.2, 0.25) is 0 Å². The number of rotatable bonds is 1. The molecule has 1 unspecified atom stereocenters. The Morgan fingerprint density at radius 1 is 1.73 bits per heavy atom. The molecule has 6 heteroatoms. The lowest BCUT2D eigenvalue weighted by Gasteiger charge is -2.19. The molecule has 1 aliphatic heterocycles. The Kier molecular flexibility index (Phi) is 2.06. The fourth-order valence-electron chi connectivity index (χ4n) is 0.610. The van der Waals surface area contributed by atoms with E-state index in [1.165, 1.54) is 18.4 Å². The predicted molar refractivity (Wildman–Crippen MR) is 41.8 cm³/mol. The third-order valence-corrected chi connectivity index (χ3v) is 2.13. The average molecular weight is 195 g/mol. The van der Waals surface area contributed by atoms with Crippen LogP contribution in [0.3, 0.4) is 0 Å². The van der Waals surface area contributed by atoms with Crippen LogP contribution >= 0.6 is 23.2 Å². The highest BCUT2D eigenvalue weighted by molar-refractivity contribution is 6.38. The predicted octanol–water partition coefficient (Wildman–Crippen LogP) is 1.40. The molecule has 0 saturated heterocycles. The zero-order valence-corrected chi connectivity index (χ0v) is 6.76. The van der Waals surface area contributed by atoms with E-state index in [1.54, 1.807) is 0 Å². The van der Waals surface area contributed by atoms with Crippen molar-refractivity contribution >= 4 is 23.2 Å². The van der Waals surface area contributed by atoms with Crippen molar-refractivity contribution in [2.45, 2.75) is 5.12 Å². The Morgan fingerprint density at radius 2 is 2.36 bits per heavy atom. The molecule has 0 radical (unpaired) electrons. The first-order chi connectivity index (χ1) is 5.07. The summed E-state index contributed by atoms with van der Waals surface area (Å²) in [6, 6.07) is 0. The number of hydrogen-bond acceptors (Lipinski definition) is 3. The van der Waals surface area contributed by atoms with E-state index in [0.717, 1.165) is 0 Å². The zero-order chi connectivity index (χ0) is 8.48. The van der Waals surface area contributed by atoms with Crippen LogP contribution in [0.25, 0.3) is 0 Å². The molecule has 1 aliphatic rings. The summed E-state index contributed by atoms with van der Waals surface area (Å²) in [5, 5.41) is 10.7. The van der Waals surface area contributed by atoms with E-state index in [2.05, 4.69) is 5.32 Å². The molecule has 1 heterocycles. The molecule has 0 aromatic heterocycles. The SMILES string of the molecule is O=[N+]([O-])C1(Cl)NC=CC=C1Cl. The van der Waals surface area contributed by atoms with Gasteiger partial charge in [-0.15, -0.1) is 0 Å². The van der Waals surface area contributed by atoms with Crippen LogP contribution in [-0.2, 0) is 0 Å². The van der Waals surface area contributed by atoms with Crippen molar-refractivity contribution in [3.8, 4) is 0 Å². The van der Waals surface area contributed by atoms with E-state index in [1.807, 2.05) is 0 Å². The second-order valence-electron chi connectivity index (χ2n) is 1.90. The topological polar surface area (TPSA) is 55.2 Å². The average Bonchev–Trinajstić information content (AvgIpc) is 1.95. The largest absolute Gasteiger partial charge is 0.408 e. The Bertz CT molecular complexity index is 251. The van der Waals surface area contributed by atoms with Crippen LogP contribution in [0.15, 0.2) is 23.4 Å². The number of nitrogens with zero attached hydrogens (tertiary/aromatic N) is 1. The van der Waals surface area contributed by atoms with Crippen LogP contribution in [-0.4, -0.2) is 10.0 Å². The maximum absolute atomic E-state index is 10.3. The number of nitro groups is 1. The first-order valence-corrected chi connectivity index (χ1v) is 3.47. The minimum Gasteiger partial charge on any atom is -0.309 e. The molecule has 11 heavy (non-hydrogen) atoms. The number of dihydropyridines is 1. The Labute approximate surface area is 72.6 Å². The van der Waals surface area contributed by atoms with Gasteiger partial charge in [-0.05, 0) is 23.8 Å². The summed E-state index contributed by atoms with van der Waals surface area (Å²) in [5.74, 6) is 0. The van der Waals surface area contributed by atoms with Gasteiger partial charge >= 0.3 is 5.12 Å². The number of halogens is 2. The number of hydrogen-bond donors (Lipinski definition) is 1. The second-order valence-corrected chi connectivity index (χ2v) is 2.85. The number of nitrogens with one attached hydrogen (secondary N) is 1. The van der Waals surface area contributed by atoms with E-state index in [4.69, 9.17) is 23.2 Å². The third kappa shape index (κ3) is 1.32. The molecule has 0 spiro atoms. The van der Waals surface area contributed by atoms with Crippen molar-refractivity contribution < 1.29 is 4.92 Å². The molecule has 1 N–H and O–H groups in total. The Morgan fingerprint density at radius 3 is 2.73 bits per heavy atom. The summed E-state index contributed by atoms with van der Waals surface area (Å²) < 4.78 is 0. The van der Waals surface area contributed by atoms with Crippen molar-refractivity contribution in [3.63, 3.8) is 0 Å². The van der Waals surface area contributed by atoms with Gasteiger partial charge in [0.15, 0.2) is 0 Å². The van der Waals surface area contributed by atoms with Crippen molar-refractivity contribution in [2.75, 3.05) is 0 Å². The van der Waals surface area contributed by atoms with Gasteiger partial charge < -0.3 is 5.32 Å². The van der Waals surface area contributed by atoms with Crippen molar-refractivity contribution in [2.24, 2.45) is 0 Å². The molecule has 4 nitrogen and oxygen atoms in total.